The van der Waals surface area contributed by atoms with E-state index in [-0.39, 0.29) is 18.3 Å². The lowest BCUT2D eigenvalue weighted by molar-refractivity contribution is -0.135. The van der Waals surface area contributed by atoms with Crippen molar-refractivity contribution in [1.29, 1.82) is 0 Å². The zero-order chi connectivity index (χ0) is 10.6. The molecule has 0 aromatic rings. The van der Waals surface area contributed by atoms with Gasteiger partial charge in [0.1, 0.15) is 0 Å². The molecule has 1 saturated heterocycles. The number of amides is 1. The number of hydrogen-bond acceptors (Lipinski definition) is 3. The molecule has 0 spiro atoms. The molecule has 1 N–H and O–H groups in total. The highest BCUT2D eigenvalue weighted by Gasteiger charge is 2.23. The summed E-state index contributed by atoms with van der Waals surface area (Å²) in [4.78, 5) is 13.9. The fourth-order valence-corrected chi connectivity index (χ4v) is 2.41. The molecular formula is C10H21ClN2OS. The number of carbonyl (C=O) groups is 1. The number of nitrogens with zero attached hydrogens (tertiary/aromatic N) is 1. The Labute approximate surface area is 103 Å². The number of rotatable bonds is 3. The number of nitrogens with one attached hydrogen (secondary N) is 1. The Kier molecular flexibility index (Phi) is 7.40. The number of hydrogen-bond donors (Lipinski definition) is 1. The van der Waals surface area contributed by atoms with Crippen LogP contribution in [0.4, 0.5) is 0 Å². The van der Waals surface area contributed by atoms with Crippen LogP contribution in [0, 0.1) is 5.92 Å². The Morgan fingerprint density at radius 2 is 2.33 bits per heavy atom. The summed E-state index contributed by atoms with van der Waals surface area (Å²) < 4.78 is 0. The van der Waals surface area contributed by atoms with Crippen molar-refractivity contribution in [2.45, 2.75) is 19.9 Å². The van der Waals surface area contributed by atoms with Gasteiger partial charge >= 0.3 is 0 Å². The van der Waals surface area contributed by atoms with Crippen LogP contribution in [0.15, 0.2) is 0 Å². The molecule has 0 aromatic heterocycles. The molecule has 1 heterocycles. The summed E-state index contributed by atoms with van der Waals surface area (Å²) in [6, 6.07) is 0.439. The third kappa shape index (κ3) is 4.62. The minimum atomic E-state index is 0. The van der Waals surface area contributed by atoms with Crippen LogP contribution in [0.5, 0.6) is 0 Å². The monoisotopic (exact) mass is 252 g/mol. The van der Waals surface area contributed by atoms with E-state index in [2.05, 4.69) is 12.2 Å². The van der Waals surface area contributed by atoms with Crippen molar-refractivity contribution < 1.29 is 4.79 Å². The molecule has 0 saturated carbocycles. The highest BCUT2D eigenvalue weighted by Crippen LogP contribution is 2.10. The van der Waals surface area contributed by atoms with E-state index in [9.17, 15) is 4.79 Å². The zero-order valence-corrected chi connectivity index (χ0v) is 11.3. The summed E-state index contributed by atoms with van der Waals surface area (Å²) in [6.45, 7) is 6.79. The normalized spacial score (nSPS) is 23.1. The minimum absolute atomic E-state index is 0. The van der Waals surface area contributed by atoms with Crippen molar-refractivity contribution in [2.24, 2.45) is 5.92 Å². The van der Waals surface area contributed by atoms with Crippen LogP contribution in [0.3, 0.4) is 0 Å². The second-order valence-corrected chi connectivity index (χ2v) is 4.91. The van der Waals surface area contributed by atoms with Crippen LogP contribution in [0.25, 0.3) is 0 Å². The van der Waals surface area contributed by atoms with Gasteiger partial charge in [-0.3, -0.25) is 4.79 Å². The average molecular weight is 253 g/mol. The molecule has 0 bridgehead atoms. The highest BCUT2D eigenvalue weighted by molar-refractivity contribution is 7.98. The lowest BCUT2D eigenvalue weighted by Crippen LogP contribution is -2.52. The minimum Gasteiger partial charge on any atom is -0.340 e. The zero-order valence-electron chi connectivity index (χ0n) is 9.66. The number of piperazine rings is 1. The molecule has 1 rings (SSSR count). The molecule has 0 radical (unpaired) electrons. The maximum atomic E-state index is 11.9. The topological polar surface area (TPSA) is 32.3 Å². The fraction of sp³-hybridized carbons (Fsp3) is 0.900. The molecule has 15 heavy (non-hydrogen) atoms. The van der Waals surface area contributed by atoms with E-state index >= 15 is 0 Å². The molecule has 1 fully saturated rings. The first-order chi connectivity index (χ1) is 6.65. The van der Waals surface area contributed by atoms with Gasteiger partial charge in [0.2, 0.25) is 5.91 Å². The first-order valence-corrected chi connectivity index (χ1v) is 6.55. The van der Waals surface area contributed by atoms with E-state index < -0.39 is 0 Å². The first kappa shape index (κ1) is 15.1. The average Bonchev–Trinajstić information content (AvgIpc) is 2.17. The lowest BCUT2D eigenvalue weighted by atomic mass is 10.1. The van der Waals surface area contributed by atoms with Crippen LogP contribution < -0.4 is 5.32 Å². The lowest BCUT2D eigenvalue weighted by Gasteiger charge is -2.33. The fourth-order valence-electron chi connectivity index (χ4n) is 1.77. The summed E-state index contributed by atoms with van der Waals surface area (Å²) in [5.41, 5.74) is 0. The van der Waals surface area contributed by atoms with Crippen molar-refractivity contribution in [2.75, 3.05) is 31.6 Å². The van der Waals surface area contributed by atoms with E-state index in [0.29, 0.717) is 11.9 Å². The summed E-state index contributed by atoms with van der Waals surface area (Å²) in [5.74, 6) is 1.40. The predicted octanol–water partition coefficient (Wildman–Crippen LogP) is 1.23. The SMILES string of the molecule is CSCC(C)C(=O)N1CCNC(C)C1.Cl. The summed E-state index contributed by atoms with van der Waals surface area (Å²) in [5, 5.41) is 3.34. The number of halogens is 1. The molecule has 0 aromatic carbocycles. The highest BCUT2D eigenvalue weighted by atomic mass is 35.5. The number of carbonyl (C=O) groups excluding carboxylic acids is 1. The molecule has 1 aliphatic rings. The van der Waals surface area contributed by atoms with Gasteiger partial charge in [0.05, 0.1) is 0 Å². The van der Waals surface area contributed by atoms with Crippen molar-refractivity contribution >= 4 is 30.1 Å². The Bertz CT molecular complexity index is 204. The number of thioether (sulfide) groups is 1. The van der Waals surface area contributed by atoms with Crippen molar-refractivity contribution in [3.63, 3.8) is 0 Å². The maximum Gasteiger partial charge on any atom is 0.226 e. The molecule has 1 amide bonds. The van der Waals surface area contributed by atoms with E-state index in [0.717, 1.165) is 25.4 Å². The second kappa shape index (κ2) is 7.36. The Hall–Kier alpha value is 0.0700. The Balaban J connectivity index is 0.00000196. The molecule has 3 nitrogen and oxygen atoms in total. The molecule has 5 heteroatoms. The van der Waals surface area contributed by atoms with Gasteiger partial charge in [0.15, 0.2) is 0 Å². The van der Waals surface area contributed by atoms with Gasteiger partial charge in [-0.25, -0.2) is 0 Å². The first-order valence-electron chi connectivity index (χ1n) is 5.16. The summed E-state index contributed by atoms with van der Waals surface area (Å²) >= 11 is 1.74. The third-order valence-electron chi connectivity index (χ3n) is 2.52. The second-order valence-electron chi connectivity index (χ2n) is 4.00. The molecule has 0 aliphatic carbocycles. The summed E-state index contributed by atoms with van der Waals surface area (Å²) in [7, 11) is 0. The Morgan fingerprint density at radius 3 is 2.87 bits per heavy atom. The van der Waals surface area contributed by atoms with E-state index in [1.54, 1.807) is 11.8 Å². The van der Waals surface area contributed by atoms with Crippen LogP contribution in [-0.4, -0.2) is 48.5 Å². The van der Waals surface area contributed by atoms with Crippen molar-refractivity contribution in [3.8, 4) is 0 Å². The molecule has 90 valence electrons. The van der Waals surface area contributed by atoms with E-state index in [4.69, 9.17) is 0 Å². The summed E-state index contributed by atoms with van der Waals surface area (Å²) in [6.07, 6.45) is 2.05. The van der Waals surface area contributed by atoms with E-state index in [1.807, 2.05) is 18.1 Å². The third-order valence-corrected chi connectivity index (χ3v) is 3.35. The van der Waals surface area contributed by atoms with Crippen LogP contribution >= 0.6 is 24.2 Å². The van der Waals surface area contributed by atoms with Gasteiger partial charge in [0, 0.05) is 37.3 Å². The maximum absolute atomic E-state index is 11.9. The van der Waals surface area contributed by atoms with Crippen molar-refractivity contribution in [1.82, 2.24) is 10.2 Å². The van der Waals surface area contributed by atoms with Gasteiger partial charge in [-0.1, -0.05) is 6.92 Å². The van der Waals surface area contributed by atoms with Gasteiger partial charge in [-0.15, -0.1) is 12.4 Å². The van der Waals surface area contributed by atoms with Crippen LogP contribution in [0.1, 0.15) is 13.8 Å². The smallest absolute Gasteiger partial charge is 0.226 e. The standard InChI is InChI=1S/C10H20N2OS.ClH/c1-8(7-14-3)10(13)12-5-4-11-9(2)6-12;/h8-9,11H,4-7H2,1-3H3;1H. The largest absolute Gasteiger partial charge is 0.340 e. The van der Waals surface area contributed by atoms with Gasteiger partial charge in [0.25, 0.3) is 0 Å². The predicted molar refractivity (Wildman–Crippen MR) is 68.8 cm³/mol. The van der Waals surface area contributed by atoms with Crippen molar-refractivity contribution in [3.05, 3.63) is 0 Å². The quantitative estimate of drug-likeness (QED) is 0.820. The van der Waals surface area contributed by atoms with Crippen LogP contribution in [0.2, 0.25) is 0 Å². The molecular weight excluding hydrogens is 232 g/mol. The van der Waals surface area contributed by atoms with E-state index in [1.165, 1.54) is 0 Å². The van der Waals surface area contributed by atoms with Gasteiger partial charge in [-0.05, 0) is 13.2 Å². The molecule has 2 atom stereocenters. The molecule has 1 aliphatic heterocycles. The van der Waals surface area contributed by atoms with Gasteiger partial charge < -0.3 is 10.2 Å². The molecule has 2 unspecified atom stereocenters. The Morgan fingerprint density at radius 1 is 1.67 bits per heavy atom. The van der Waals surface area contributed by atoms with Gasteiger partial charge in [-0.2, -0.15) is 11.8 Å². The van der Waals surface area contributed by atoms with Crippen LogP contribution in [-0.2, 0) is 4.79 Å².